The number of aromatic nitrogens is 2. The molecule has 1 aromatic carbocycles. The zero-order valence-electron chi connectivity index (χ0n) is 15.8. The van der Waals surface area contributed by atoms with Crippen molar-refractivity contribution in [2.75, 3.05) is 44.6 Å². The molecule has 0 amide bonds. The van der Waals surface area contributed by atoms with Gasteiger partial charge in [-0.25, -0.2) is 14.8 Å². The fourth-order valence-electron chi connectivity index (χ4n) is 2.62. The van der Waals surface area contributed by atoms with Gasteiger partial charge in [0.25, 0.3) is 0 Å². The van der Waals surface area contributed by atoms with Gasteiger partial charge < -0.3 is 19.7 Å². The molecule has 0 aliphatic carbocycles. The molecule has 0 saturated heterocycles. The fourth-order valence-corrected chi connectivity index (χ4v) is 3.67. The lowest BCUT2D eigenvalue weighted by Gasteiger charge is -2.13. The summed E-state index contributed by atoms with van der Waals surface area (Å²) in [6, 6.07) is 8.04. The van der Waals surface area contributed by atoms with Crippen molar-refractivity contribution in [1.82, 2.24) is 9.97 Å². The monoisotopic (exact) mass is 386 g/mol. The molecule has 3 rings (SSSR count). The van der Waals surface area contributed by atoms with Crippen LogP contribution in [0.1, 0.15) is 15.2 Å². The number of thiophene rings is 1. The van der Waals surface area contributed by atoms with E-state index in [-0.39, 0.29) is 12.6 Å². The number of ether oxygens (including phenoxy) is 2. The molecule has 1 N–H and O–H groups in total. The minimum Gasteiger partial charge on any atom is -0.459 e. The highest BCUT2D eigenvalue weighted by atomic mass is 32.1. The van der Waals surface area contributed by atoms with Gasteiger partial charge in [-0.3, -0.25) is 0 Å². The highest BCUT2D eigenvalue weighted by Gasteiger charge is 2.20. The Hall–Kier alpha value is -2.71. The molecule has 0 unspecified atom stereocenters. The number of fused-ring (bicyclic) bond motifs is 1. The Bertz CT molecular complexity index is 938. The number of aryl methyl sites for hydroxylation is 1. The highest BCUT2D eigenvalue weighted by Crippen LogP contribution is 2.35. The first-order valence-electron chi connectivity index (χ1n) is 8.46. The zero-order valence-corrected chi connectivity index (χ0v) is 16.6. The molecule has 0 radical (unpaired) electrons. The van der Waals surface area contributed by atoms with Crippen molar-refractivity contribution in [3.8, 4) is 0 Å². The average molecular weight is 386 g/mol. The number of esters is 1. The van der Waals surface area contributed by atoms with Crippen LogP contribution in [0.2, 0.25) is 0 Å². The van der Waals surface area contributed by atoms with Crippen molar-refractivity contribution < 1.29 is 14.3 Å². The summed E-state index contributed by atoms with van der Waals surface area (Å²) in [5, 5.41) is 4.15. The first kappa shape index (κ1) is 19.1. The van der Waals surface area contributed by atoms with E-state index in [1.807, 2.05) is 50.2 Å². The molecule has 8 heteroatoms. The quantitative estimate of drug-likeness (QED) is 0.491. The molecule has 3 aromatic rings. The molecule has 0 spiro atoms. The van der Waals surface area contributed by atoms with Crippen LogP contribution in [0.4, 0.5) is 17.2 Å². The van der Waals surface area contributed by atoms with Gasteiger partial charge in [0, 0.05) is 32.6 Å². The second kappa shape index (κ2) is 8.32. The van der Waals surface area contributed by atoms with E-state index in [0.29, 0.717) is 17.3 Å². The lowest BCUT2D eigenvalue weighted by Crippen LogP contribution is -2.09. The fraction of sp³-hybridized carbons (Fsp3) is 0.316. The number of carbonyl (C=O) groups excluding carboxylic acids is 1. The molecular weight excluding hydrogens is 364 g/mol. The SMILES string of the molecule is COCCOC(=O)c1sc2ncnc(Nc3ccc(N(C)C)cc3)c2c1C. The van der Waals surface area contributed by atoms with E-state index in [1.54, 1.807) is 7.11 Å². The predicted molar refractivity (Wildman–Crippen MR) is 108 cm³/mol. The Morgan fingerprint density at radius 2 is 1.93 bits per heavy atom. The van der Waals surface area contributed by atoms with Gasteiger partial charge in [0.2, 0.25) is 0 Å². The van der Waals surface area contributed by atoms with E-state index >= 15 is 0 Å². The van der Waals surface area contributed by atoms with Crippen LogP contribution in [-0.2, 0) is 9.47 Å². The van der Waals surface area contributed by atoms with Crippen LogP contribution < -0.4 is 10.2 Å². The Morgan fingerprint density at radius 3 is 2.59 bits per heavy atom. The van der Waals surface area contributed by atoms with Gasteiger partial charge >= 0.3 is 5.97 Å². The van der Waals surface area contributed by atoms with Crippen molar-refractivity contribution in [2.24, 2.45) is 0 Å². The number of carbonyl (C=O) groups is 1. The summed E-state index contributed by atoms with van der Waals surface area (Å²) in [5.41, 5.74) is 2.84. The summed E-state index contributed by atoms with van der Waals surface area (Å²) in [7, 11) is 5.56. The van der Waals surface area contributed by atoms with E-state index in [1.165, 1.54) is 17.7 Å². The van der Waals surface area contributed by atoms with Gasteiger partial charge in [-0.2, -0.15) is 0 Å². The zero-order chi connectivity index (χ0) is 19.4. The molecule has 0 saturated carbocycles. The summed E-state index contributed by atoms with van der Waals surface area (Å²) >= 11 is 1.31. The number of hydrogen-bond acceptors (Lipinski definition) is 8. The third kappa shape index (κ3) is 4.17. The number of rotatable bonds is 7. The van der Waals surface area contributed by atoms with Crippen molar-refractivity contribution in [1.29, 1.82) is 0 Å². The van der Waals surface area contributed by atoms with E-state index in [9.17, 15) is 4.79 Å². The van der Waals surface area contributed by atoms with Gasteiger partial charge in [-0.05, 0) is 36.8 Å². The molecular formula is C19H22N4O3S. The second-order valence-electron chi connectivity index (χ2n) is 6.15. The van der Waals surface area contributed by atoms with Gasteiger partial charge in [0.05, 0.1) is 12.0 Å². The standard InChI is InChI=1S/C19H22N4O3S/c1-12-15-17(22-13-5-7-14(8-6-13)23(2)3)20-11-21-18(15)27-16(12)19(24)26-10-9-25-4/h5-8,11H,9-10H2,1-4H3,(H,20,21,22). The van der Waals surface area contributed by atoms with E-state index in [4.69, 9.17) is 9.47 Å². The molecule has 7 nitrogen and oxygen atoms in total. The van der Waals surface area contributed by atoms with Gasteiger partial charge in [-0.15, -0.1) is 11.3 Å². The Balaban J connectivity index is 1.89. The average Bonchev–Trinajstić information content (AvgIpc) is 3.00. The normalized spacial score (nSPS) is 10.8. The van der Waals surface area contributed by atoms with Gasteiger partial charge in [0.1, 0.15) is 28.5 Å². The number of methoxy groups -OCH3 is 1. The molecule has 0 aliphatic rings. The number of hydrogen-bond donors (Lipinski definition) is 1. The molecule has 2 heterocycles. The Morgan fingerprint density at radius 1 is 1.19 bits per heavy atom. The third-order valence-corrected chi connectivity index (χ3v) is 5.26. The van der Waals surface area contributed by atoms with Crippen LogP contribution in [-0.4, -0.2) is 50.4 Å². The second-order valence-corrected chi connectivity index (χ2v) is 7.15. The molecule has 0 fully saturated rings. The van der Waals surface area contributed by atoms with Crippen LogP contribution in [0.5, 0.6) is 0 Å². The van der Waals surface area contributed by atoms with Crippen molar-refractivity contribution in [3.05, 3.63) is 41.0 Å². The summed E-state index contributed by atoms with van der Waals surface area (Å²) in [6.07, 6.45) is 1.49. The number of nitrogens with zero attached hydrogens (tertiary/aromatic N) is 3. The molecule has 0 bridgehead atoms. The molecule has 0 atom stereocenters. The topological polar surface area (TPSA) is 76.6 Å². The van der Waals surface area contributed by atoms with Crippen molar-refractivity contribution in [2.45, 2.75) is 6.92 Å². The largest absolute Gasteiger partial charge is 0.459 e. The summed E-state index contributed by atoms with van der Waals surface area (Å²) < 4.78 is 10.2. The van der Waals surface area contributed by atoms with Crippen LogP contribution in [0, 0.1) is 6.92 Å². The van der Waals surface area contributed by atoms with Crippen LogP contribution in [0.25, 0.3) is 10.2 Å². The van der Waals surface area contributed by atoms with Crippen LogP contribution in [0.15, 0.2) is 30.6 Å². The minimum atomic E-state index is -0.367. The minimum absolute atomic E-state index is 0.220. The lowest BCUT2D eigenvalue weighted by atomic mass is 10.2. The maximum atomic E-state index is 12.3. The summed E-state index contributed by atoms with van der Waals surface area (Å²) in [6.45, 7) is 2.47. The smallest absolute Gasteiger partial charge is 0.348 e. The lowest BCUT2D eigenvalue weighted by molar-refractivity contribution is 0.0393. The van der Waals surface area contributed by atoms with Gasteiger partial charge in [-0.1, -0.05) is 0 Å². The third-order valence-electron chi connectivity index (χ3n) is 4.08. The van der Waals surface area contributed by atoms with E-state index < -0.39 is 0 Å². The van der Waals surface area contributed by atoms with E-state index in [2.05, 4.69) is 15.3 Å². The molecule has 0 aliphatic heterocycles. The van der Waals surface area contributed by atoms with Crippen molar-refractivity contribution in [3.63, 3.8) is 0 Å². The number of nitrogens with one attached hydrogen (secondary N) is 1. The van der Waals surface area contributed by atoms with Crippen LogP contribution in [0.3, 0.4) is 0 Å². The Labute approximate surface area is 162 Å². The maximum Gasteiger partial charge on any atom is 0.348 e. The number of benzene rings is 1. The Kier molecular flexibility index (Phi) is 5.88. The molecule has 2 aromatic heterocycles. The number of anilines is 3. The molecule has 27 heavy (non-hydrogen) atoms. The van der Waals surface area contributed by atoms with Crippen molar-refractivity contribution >= 4 is 44.7 Å². The van der Waals surface area contributed by atoms with Gasteiger partial charge in [0.15, 0.2) is 0 Å². The van der Waals surface area contributed by atoms with E-state index in [0.717, 1.165) is 27.2 Å². The first-order chi connectivity index (χ1) is 13.0. The maximum absolute atomic E-state index is 12.3. The summed E-state index contributed by atoms with van der Waals surface area (Å²) in [5.74, 6) is 0.302. The van der Waals surface area contributed by atoms with Crippen LogP contribution >= 0.6 is 11.3 Å². The molecule has 142 valence electrons. The first-order valence-corrected chi connectivity index (χ1v) is 9.27. The highest BCUT2D eigenvalue weighted by molar-refractivity contribution is 7.20. The summed E-state index contributed by atoms with van der Waals surface area (Å²) in [4.78, 5) is 24.3. The predicted octanol–water partition coefficient (Wildman–Crippen LogP) is 3.61.